The molecule has 0 aliphatic carbocycles. The van der Waals surface area contributed by atoms with Crippen LogP contribution in [-0.2, 0) is 6.54 Å². The maximum Gasteiger partial charge on any atom is 0.0645 e. The molecule has 3 aromatic rings. The maximum absolute atomic E-state index is 4.40. The van der Waals surface area contributed by atoms with Crippen molar-refractivity contribution in [1.29, 1.82) is 0 Å². The highest BCUT2D eigenvalue weighted by Gasteiger charge is 2.02. The third-order valence-electron chi connectivity index (χ3n) is 3.33. The molecule has 0 aliphatic rings. The first-order valence-corrected chi connectivity index (χ1v) is 7.61. The Morgan fingerprint density at radius 2 is 1.95 bits per heavy atom. The van der Waals surface area contributed by atoms with Crippen molar-refractivity contribution in [2.45, 2.75) is 13.5 Å². The van der Waals surface area contributed by atoms with Gasteiger partial charge in [-0.1, -0.05) is 40.2 Å². The minimum atomic E-state index is 0.752. The van der Waals surface area contributed by atoms with Gasteiger partial charge in [0.2, 0.25) is 0 Å². The molecule has 0 radical (unpaired) electrons. The molecule has 3 rings (SSSR count). The van der Waals surface area contributed by atoms with E-state index in [1.54, 1.807) is 0 Å². The van der Waals surface area contributed by atoms with Crippen molar-refractivity contribution < 1.29 is 0 Å². The fourth-order valence-corrected chi connectivity index (χ4v) is 2.46. The molecule has 0 unspecified atom stereocenters. The SMILES string of the molecule is Cc1ccc(NCc2cnn(-c3ccccc3)c2)cc1Br. The first-order chi connectivity index (χ1) is 10.2. The summed E-state index contributed by atoms with van der Waals surface area (Å²) < 4.78 is 3.01. The summed E-state index contributed by atoms with van der Waals surface area (Å²) in [5, 5.41) is 7.81. The van der Waals surface area contributed by atoms with E-state index in [4.69, 9.17) is 0 Å². The van der Waals surface area contributed by atoms with Crippen LogP contribution >= 0.6 is 15.9 Å². The number of aromatic nitrogens is 2. The molecule has 0 bridgehead atoms. The molecule has 1 aromatic heterocycles. The van der Waals surface area contributed by atoms with Crippen molar-refractivity contribution in [3.05, 3.63) is 76.5 Å². The number of nitrogens with one attached hydrogen (secondary N) is 1. The number of para-hydroxylation sites is 1. The Balaban J connectivity index is 1.69. The first-order valence-electron chi connectivity index (χ1n) is 6.81. The minimum Gasteiger partial charge on any atom is -0.381 e. The van der Waals surface area contributed by atoms with Crippen molar-refractivity contribution in [1.82, 2.24) is 9.78 Å². The van der Waals surface area contributed by atoms with Crippen molar-refractivity contribution in [2.75, 3.05) is 5.32 Å². The fraction of sp³-hybridized carbons (Fsp3) is 0.118. The van der Waals surface area contributed by atoms with E-state index in [1.165, 1.54) is 5.56 Å². The van der Waals surface area contributed by atoms with Gasteiger partial charge in [0.15, 0.2) is 0 Å². The molecule has 21 heavy (non-hydrogen) atoms. The molecule has 0 fully saturated rings. The Bertz CT molecular complexity index is 735. The molecule has 1 heterocycles. The van der Waals surface area contributed by atoms with E-state index in [2.05, 4.69) is 51.5 Å². The van der Waals surface area contributed by atoms with Gasteiger partial charge in [-0.05, 0) is 36.8 Å². The van der Waals surface area contributed by atoms with Crippen LogP contribution in [0.1, 0.15) is 11.1 Å². The average Bonchev–Trinajstić information content (AvgIpc) is 2.98. The van der Waals surface area contributed by atoms with Gasteiger partial charge in [0.25, 0.3) is 0 Å². The maximum atomic E-state index is 4.40. The van der Waals surface area contributed by atoms with Crippen molar-refractivity contribution in [2.24, 2.45) is 0 Å². The molecule has 4 heteroatoms. The summed E-state index contributed by atoms with van der Waals surface area (Å²) >= 11 is 3.55. The lowest BCUT2D eigenvalue weighted by Gasteiger charge is -2.06. The van der Waals surface area contributed by atoms with E-state index in [1.807, 2.05) is 47.4 Å². The lowest BCUT2D eigenvalue weighted by molar-refractivity contribution is 0.880. The zero-order valence-electron chi connectivity index (χ0n) is 11.8. The van der Waals surface area contributed by atoms with E-state index >= 15 is 0 Å². The number of aryl methyl sites for hydroxylation is 1. The second-order valence-electron chi connectivity index (χ2n) is 4.95. The topological polar surface area (TPSA) is 29.9 Å². The molecule has 0 saturated heterocycles. The quantitative estimate of drug-likeness (QED) is 0.754. The summed E-state index contributed by atoms with van der Waals surface area (Å²) in [5.41, 5.74) is 4.55. The molecule has 0 aliphatic heterocycles. The Morgan fingerprint density at radius 1 is 1.14 bits per heavy atom. The lowest BCUT2D eigenvalue weighted by Crippen LogP contribution is -1.98. The van der Waals surface area contributed by atoms with E-state index in [0.29, 0.717) is 0 Å². The summed E-state index contributed by atoms with van der Waals surface area (Å²) in [6, 6.07) is 16.4. The Hall–Kier alpha value is -2.07. The van der Waals surface area contributed by atoms with Crippen LogP contribution in [0, 0.1) is 6.92 Å². The number of nitrogens with zero attached hydrogens (tertiary/aromatic N) is 2. The normalized spacial score (nSPS) is 10.6. The van der Waals surface area contributed by atoms with Gasteiger partial charge in [0, 0.05) is 28.5 Å². The number of benzene rings is 2. The van der Waals surface area contributed by atoms with Gasteiger partial charge >= 0.3 is 0 Å². The van der Waals surface area contributed by atoms with Crippen LogP contribution in [-0.4, -0.2) is 9.78 Å². The summed E-state index contributed by atoms with van der Waals surface area (Å²) in [6.45, 7) is 2.83. The number of rotatable bonds is 4. The van der Waals surface area contributed by atoms with Gasteiger partial charge < -0.3 is 5.32 Å². The second-order valence-corrected chi connectivity index (χ2v) is 5.80. The number of hydrogen-bond acceptors (Lipinski definition) is 2. The fourth-order valence-electron chi connectivity index (χ4n) is 2.08. The summed E-state index contributed by atoms with van der Waals surface area (Å²) in [4.78, 5) is 0. The van der Waals surface area contributed by atoms with Crippen molar-refractivity contribution in [3.63, 3.8) is 0 Å². The van der Waals surface area contributed by atoms with E-state index in [-0.39, 0.29) is 0 Å². The van der Waals surface area contributed by atoms with Crippen LogP contribution in [0.2, 0.25) is 0 Å². The average molecular weight is 342 g/mol. The molecule has 0 amide bonds. The highest BCUT2D eigenvalue weighted by molar-refractivity contribution is 9.10. The van der Waals surface area contributed by atoms with Crippen LogP contribution in [0.15, 0.2) is 65.4 Å². The molecule has 2 aromatic carbocycles. The van der Waals surface area contributed by atoms with Gasteiger partial charge in [-0.3, -0.25) is 0 Å². The van der Waals surface area contributed by atoms with Gasteiger partial charge in [0.05, 0.1) is 11.9 Å². The molecule has 0 saturated carbocycles. The van der Waals surface area contributed by atoms with E-state index in [9.17, 15) is 0 Å². The van der Waals surface area contributed by atoms with Crippen LogP contribution in [0.25, 0.3) is 5.69 Å². The minimum absolute atomic E-state index is 0.752. The number of anilines is 1. The van der Waals surface area contributed by atoms with Crippen LogP contribution in [0.5, 0.6) is 0 Å². The predicted octanol–water partition coefficient (Wildman–Crippen LogP) is 4.56. The largest absolute Gasteiger partial charge is 0.381 e. The number of hydrogen-bond donors (Lipinski definition) is 1. The molecule has 3 nitrogen and oxygen atoms in total. The zero-order valence-corrected chi connectivity index (χ0v) is 13.3. The predicted molar refractivity (Wildman–Crippen MR) is 89.8 cm³/mol. The monoisotopic (exact) mass is 341 g/mol. The highest BCUT2D eigenvalue weighted by atomic mass is 79.9. The molecule has 1 N–H and O–H groups in total. The summed E-state index contributed by atoms with van der Waals surface area (Å²) in [6.07, 6.45) is 3.94. The molecular weight excluding hydrogens is 326 g/mol. The Labute approximate surface area is 132 Å². The van der Waals surface area contributed by atoms with Gasteiger partial charge in [-0.25, -0.2) is 4.68 Å². The summed E-state index contributed by atoms with van der Waals surface area (Å²) in [5.74, 6) is 0. The molecule has 0 spiro atoms. The first kappa shape index (κ1) is 13.9. The lowest BCUT2D eigenvalue weighted by atomic mass is 10.2. The van der Waals surface area contributed by atoms with Crippen LogP contribution < -0.4 is 5.32 Å². The second kappa shape index (κ2) is 6.14. The standard InChI is InChI=1S/C17H16BrN3/c1-13-7-8-15(9-17(13)18)19-10-14-11-20-21(12-14)16-5-3-2-4-6-16/h2-9,11-12,19H,10H2,1H3. The Morgan fingerprint density at radius 3 is 2.71 bits per heavy atom. The third kappa shape index (κ3) is 3.34. The van der Waals surface area contributed by atoms with Crippen LogP contribution in [0.3, 0.4) is 0 Å². The summed E-state index contributed by atoms with van der Waals surface area (Å²) in [7, 11) is 0. The van der Waals surface area contributed by atoms with Crippen LogP contribution in [0.4, 0.5) is 5.69 Å². The highest BCUT2D eigenvalue weighted by Crippen LogP contribution is 2.21. The molecule has 0 atom stereocenters. The van der Waals surface area contributed by atoms with Crippen molar-refractivity contribution >= 4 is 21.6 Å². The van der Waals surface area contributed by atoms with E-state index in [0.717, 1.165) is 28.0 Å². The number of halogens is 1. The van der Waals surface area contributed by atoms with Gasteiger partial charge in [0.1, 0.15) is 0 Å². The van der Waals surface area contributed by atoms with Crippen molar-refractivity contribution in [3.8, 4) is 5.69 Å². The van der Waals surface area contributed by atoms with Gasteiger partial charge in [-0.2, -0.15) is 5.10 Å². The smallest absolute Gasteiger partial charge is 0.0645 e. The zero-order chi connectivity index (χ0) is 14.7. The third-order valence-corrected chi connectivity index (χ3v) is 4.18. The Kier molecular flexibility index (Phi) is 4.06. The van der Waals surface area contributed by atoms with E-state index < -0.39 is 0 Å². The van der Waals surface area contributed by atoms with Gasteiger partial charge in [-0.15, -0.1) is 0 Å². The molecule has 106 valence electrons. The molecular formula is C17H16BrN3.